The summed E-state index contributed by atoms with van der Waals surface area (Å²) in [7, 11) is 1.62. The molecular weight excluding hydrogens is 198 g/mol. The van der Waals surface area contributed by atoms with Gasteiger partial charge in [0, 0.05) is 23.1 Å². The average Bonchev–Trinajstić information content (AvgIpc) is 2.27. The van der Waals surface area contributed by atoms with Crippen molar-refractivity contribution >= 4 is 11.6 Å². The molecule has 0 saturated carbocycles. The molecule has 2 nitrogen and oxygen atoms in total. The van der Waals surface area contributed by atoms with Gasteiger partial charge in [-0.1, -0.05) is 19.9 Å². The highest BCUT2D eigenvalue weighted by atomic mass is 35.5. The molecule has 0 bridgehead atoms. The van der Waals surface area contributed by atoms with Crippen molar-refractivity contribution in [3.8, 4) is 5.88 Å². The Labute approximate surface area is 90.3 Å². The zero-order valence-electron chi connectivity index (χ0n) is 8.83. The second kappa shape index (κ2) is 5.20. The van der Waals surface area contributed by atoms with Gasteiger partial charge in [0.25, 0.3) is 0 Å². The van der Waals surface area contributed by atoms with Crippen molar-refractivity contribution in [2.45, 2.75) is 31.6 Å². The van der Waals surface area contributed by atoms with Gasteiger partial charge in [-0.25, -0.2) is 4.98 Å². The lowest BCUT2D eigenvalue weighted by atomic mass is 10.0. The summed E-state index contributed by atoms with van der Waals surface area (Å²) in [6.07, 6.45) is 0.946. The predicted molar refractivity (Wildman–Crippen MR) is 59.1 cm³/mol. The molecule has 14 heavy (non-hydrogen) atoms. The highest BCUT2D eigenvalue weighted by Gasteiger charge is 2.15. The molecule has 2 unspecified atom stereocenters. The summed E-state index contributed by atoms with van der Waals surface area (Å²) in [4.78, 5) is 4.35. The topological polar surface area (TPSA) is 22.1 Å². The van der Waals surface area contributed by atoms with Gasteiger partial charge < -0.3 is 4.74 Å². The van der Waals surface area contributed by atoms with Gasteiger partial charge in [0.15, 0.2) is 0 Å². The van der Waals surface area contributed by atoms with Crippen molar-refractivity contribution in [2.24, 2.45) is 0 Å². The SMILES string of the molecule is CCC(Cl)C(C)c1cccc(OC)n1. The van der Waals surface area contributed by atoms with Gasteiger partial charge in [0.2, 0.25) is 5.88 Å². The summed E-state index contributed by atoms with van der Waals surface area (Å²) < 4.78 is 5.06. The number of halogens is 1. The third-order valence-corrected chi connectivity index (χ3v) is 3.04. The van der Waals surface area contributed by atoms with E-state index < -0.39 is 0 Å². The number of methoxy groups -OCH3 is 1. The van der Waals surface area contributed by atoms with Gasteiger partial charge in [-0.3, -0.25) is 0 Å². The molecule has 1 aromatic rings. The maximum Gasteiger partial charge on any atom is 0.213 e. The van der Waals surface area contributed by atoms with E-state index in [0.29, 0.717) is 5.88 Å². The number of hydrogen-bond donors (Lipinski definition) is 0. The van der Waals surface area contributed by atoms with Crippen molar-refractivity contribution in [3.05, 3.63) is 23.9 Å². The summed E-state index contributed by atoms with van der Waals surface area (Å²) in [6, 6.07) is 5.76. The van der Waals surface area contributed by atoms with Crippen LogP contribution in [0.3, 0.4) is 0 Å². The van der Waals surface area contributed by atoms with Crippen LogP contribution in [0.4, 0.5) is 0 Å². The smallest absolute Gasteiger partial charge is 0.213 e. The third-order valence-electron chi connectivity index (χ3n) is 2.35. The lowest BCUT2D eigenvalue weighted by Crippen LogP contribution is -2.10. The van der Waals surface area contributed by atoms with Crippen LogP contribution in [-0.4, -0.2) is 17.5 Å². The number of aromatic nitrogens is 1. The lowest BCUT2D eigenvalue weighted by Gasteiger charge is -2.15. The van der Waals surface area contributed by atoms with Gasteiger partial charge in [-0.05, 0) is 12.5 Å². The zero-order valence-corrected chi connectivity index (χ0v) is 9.58. The van der Waals surface area contributed by atoms with Gasteiger partial charge in [0.1, 0.15) is 0 Å². The Hall–Kier alpha value is -0.760. The molecule has 0 fully saturated rings. The van der Waals surface area contributed by atoms with E-state index in [1.807, 2.05) is 18.2 Å². The molecule has 0 spiro atoms. The molecule has 1 aromatic heterocycles. The van der Waals surface area contributed by atoms with Crippen molar-refractivity contribution in [1.29, 1.82) is 0 Å². The first kappa shape index (κ1) is 11.3. The van der Waals surface area contributed by atoms with E-state index in [4.69, 9.17) is 16.3 Å². The second-order valence-electron chi connectivity index (χ2n) is 3.32. The number of ether oxygens (including phenoxy) is 1. The molecule has 0 amide bonds. The van der Waals surface area contributed by atoms with Crippen molar-refractivity contribution in [3.63, 3.8) is 0 Å². The van der Waals surface area contributed by atoms with Crippen LogP contribution in [-0.2, 0) is 0 Å². The highest BCUT2D eigenvalue weighted by molar-refractivity contribution is 6.21. The summed E-state index contributed by atoms with van der Waals surface area (Å²) in [5.41, 5.74) is 0.992. The summed E-state index contributed by atoms with van der Waals surface area (Å²) in [5.74, 6) is 0.908. The normalized spacial score (nSPS) is 14.9. The van der Waals surface area contributed by atoms with Crippen molar-refractivity contribution < 1.29 is 4.74 Å². The Bertz CT molecular complexity index is 290. The van der Waals surface area contributed by atoms with Crippen LogP contribution >= 0.6 is 11.6 Å². The number of nitrogens with zero attached hydrogens (tertiary/aromatic N) is 1. The first-order valence-electron chi connectivity index (χ1n) is 4.84. The van der Waals surface area contributed by atoms with Crippen LogP contribution in [0.1, 0.15) is 31.9 Å². The first-order valence-corrected chi connectivity index (χ1v) is 5.27. The van der Waals surface area contributed by atoms with E-state index >= 15 is 0 Å². The minimum Gasteiger partial charge on any atom is -0.481 e. The fraction of sp³-hybridized carbons (Fsp3) is 0.545. The largest absolute Gasteiger partial charge is 0.481 e. The van der Waals surface area contributed by atoms with Crippen LogP contribution in [0.15, 0.2) is 18.2 Å². The van der Waals surface area contributed by atoms with E-state index in [2.05, 4.69) is 18.8 Å². The Morgan fingerprint density at radius 1 is 1.50 bits per heavy atom. The molecule has 0 saturated heterocycles. The quantitative estimate of drug-likeness (QED) is 0.717. The van der Waals surface area contributed by atoms with Gasteiger partial charge in [0.05, 0.1) is 7.11 Å². The van der Waals surface area contributed by atoms with Gasteiger partial charge in [-0.15, -0.1) is 11.6 Å². The minimum absolute atomic E-state index is 0.134. The van der Waals surface area contributed by atoms with Gasteiger partial charge in [-0.2, -0.15) is 0 Å². The van der Waals surface area contributed by atoms with Crippen molar-refractivity contribution in [1.82, 2.24) is 4.98 Å². The molecule has 1 heterocycles. The molecule has 0 radical (unpaired) electrons. The minimum atomic E-state index is 0.134. The van der Waals surface area contributed by atoms with Crippen LogP contribution < -0.4 is 4.74 Å². The second-order valence-corrected chi connectivity index (χ2v) is 3.88. The number of pyridine rings is 1. The first-order chi connectivity index (χ1) is 6.69. The summed E-state index contributed by atoms with van der Waals surface area (Å²) in [5, 5.41) is 0.134. The average molecular weight is 214 g/mol. The molecule has 0 N–H and O–H groups in total. The molecule has 0 aliphatic carbocycles. The molecule has 3 heteroatoms. The lowest BCUT2D eigenvalue weighted by molar-refractivity contribution is 0.395. The summed E-state index contributed by atoms with van der Waals surface area (Å²) >= 11 is 6.16. The fourth-order valence-corrected chi connectivity index (χ4v) is 1.47. The van der Waals surface area contributed by atoms with E-state index in [1.54, 1.807) is 7.11 Å². The third kappa shape index (κ3) is 2.61. The summed E-state index contributed by atoms with van der Waals surface area (Å²) in [6.45, 7) is 4.16. The Kier molecular flexibility index (Phi) is 4.21. The monoisotopic (exact) mass is 213 g/mol. The molecular formula is C11H16ClNO. The fourth-order valence-electron chi connectivity index (χ4n) is 1.34. The molecule has 1 rings (SSSR count). The van der Waals surface area contributed by atoms with Crippen molar-refractivity contribution in [2.75, 3.05) is 7.11 Å². The molecule has 78 valence electrons. The van der Waals surface area contributed by atoms with Gasteiger partial charge >= 0.3 is 0 Å². The number of hydrogen-bond acceptors (Lipinski definition) is 2. The van der Waals surface area contributed by atoms with E-state index in [1.165, 1.54) is 0 Å². The zero-order chi connectivity index (χ0) is 10.6. The van der Waals surface area contributed by atoms with Crippen LogP contribution in [0.25, 0.3) is 0 Å². The molecule has 0 aliphatic rings. The van der Waals surface area contributed by atoms with Crippen LogP contribution in [0.2, 0.25) is 0 Å². The number of rotatable bonds is 4. The highest BCUT2D eigenvalue weighted by Crippen LogP contribution is 2.24. The van der Waals surface area contributed by atoms with E-state index in [9.17, 15) is 0 Å². The van der Waals surface area contributed by atoms with E-state index in [-0.39, 0.29) is 11.3 Å². The predicted octanol–water partition coefficient (Wildman–Crippen LogP) is 3.21. The Balaban J connectivity index is 2.83. The molecule has 2 atom stereocenters. The molecule has 0 aliphatic heterocycles. The standard InChI is InChI=1S/C11H16ClNO/c1-4-9(12)8(2)10-6-5-7-11(13-10)14-3/h5-9H,4H2,1-3H3. The Morgan fingerprint density at radius 3 is 2.79 bits per heavy atom. The van der Waals surface area contributed by atoms with E-state index in [0.717, 1.165) is 12.1 Å². The molecule has 0 aromatic carbocycles. The number of alkyl halides is 1. The maximum atomic E-state index is 6.16. The Morgan fingerprint density at radius 2 is 2.21 bits per heavy atom. The van der Waals surface area contributed by atoms with Crippen LogP contribution in [0.5, 0.6) is 5.88 Å². The van der Waals surface area contributed by atoms with Crippen LogP contribution in [0, 0.1) is 0 Å². The maximum absolute atomic E-state index is 6.16.